The van der Waals surface area contributed by atoms with Crippen molar-refractivity contribution in [2.24, 2.45) is 0 Å². The van der Waals surface area contributed by atoms with Gasteiger partial charge in [-0.3, -0.25) is 14.2 Å². The third kappa shape index (κ3) is 34.9. The van der Waals surface area contributed by atoms with E-state index >= 15 is 0 Å². The molecule has 0 bridgehead atoms. The lowest BCUT2D eigenvalue weighted by Gasteiger charge is -2.28. The molecule has 0 aromatic heterocycles. The fraction of sp³-hybridized carbons (Fsp3) is 0.652. The van der Waals surface area contributed by atoms with Gasteiger partial charge < -0.3 is 32.6 Å². The van der Waals surface area contributed by atoms with Crippen molar-refractivity contribution in [3.63, 3.8) is 0 Å². The van der Waals surface area contributed by atoms with Crippen LogP contribution in [0.5, 0.6) is 0 Å². The van der Waals surface area contributed by atoms with Crippen LogP contribution in [0.4, 0.5) is 0 Å². The van der Waals surface area contributed by atoms with Crippen LogP contribution in [0.15, 0.2) is 85.1 Å². The van der Waals surface area contributed by atoms with E-state index in [1.807, 2.05) is 27.2 Å². The molecule has 11 heteroatoms. The summed E-state index contributed by atoms with van der Waals surface area (Å²) in [5.41, 5.74) is 0. The Balaban J connectivity index is 2.38. The predicted octanol–water partition coefficient (Wildman–Crippen LogP) is 10.4. The Morgan fingerprint density at radius 1 is 0.649 bits per heavy atom. The highest BCUT2D eigenvalue weighted by atomic mass is 31.2. The van der Waals surface area contributed by atoms with E-state index in [4.69, 9.17) is 23.3 Å². The Kier molecular flexibility index (Phi) is 31.2. The van der Waals surface area contributed by atoms with Crippen LogP contribution in [-0.4, -0.2) is 82.2 Å². The van der Waals surface area contributed by atoms with E-state index in [0.717, 1.165) is 64.2 Å². The van der Waals surface area contributed by atoms with Crippen LogP contribution in [0, 0.1) is 0 Å². The summed E-state index contributed by atoms with van der Waals surface area (Å²) >= 11 is 0. The van der Waals surface area contributed by atoms with Crippen LogP contribution in [0.2, 0.25) is 0 Å². The molecule has 0 saturated carbocycles. The molecular formula is C46H76NO9P. The fourth-order valence-electron chi connectivity index (χ4n) is 5.32. The molecule has 1 saturated heterocycles. The van der Waals surface area contributed by atoms with Gasteiger partial charge in [-0.05, 0) is 89.9 Å². The van der Waals surface area contributed by atoms with Gasteiger partial charge in [0.1, 0.15) is 19.8 Å². The highest BCUT2D eigenvalue weighted by Crippen LogP contribution is 2.38. The summed E-state index contributed by atoms with van der Waals surface area (Å²) in [6, 6.07) is 0. The number of nitrogens with zero attached hydrogens (tertiary/aromatic N) is 1. The number of phosphoric acid groups is 1. The lowest BCUT2D eigenvalue weighted by atomic mass is 10.1. The van der Waals surface area contributed by atoms with Gasteiger partial charge in [0.2, 0.25) is 0 Å². The van der Waals surface area contributed by atoms with E-state index in [-0.39, 0.29) is 26.1 Å². The minimum Gasteiger partial charge on any atom is -0.756 e. The molecule has 3 unspecified atom stereocenters. The monoisotopic (exact) mass is 818 g/mol. The molecule has 0 aromatic carbocycles. The van der Waals surface area contributed by atoms with Gasteiger partial charge in [-0.25, -0.2) is 0 Å². The number of phosphoric ester groups is 1. The molecule has 0 aliphatic carbocycles. The Labute approximate surface area is 346 Å². The quantitative estimate of drug-likeness (QED) is 0.0152. The van der Waals surface area contributed by atoms with Crippen molar-refractivity contribution in [2.45, 2.75) is 148 Å². The minimum absolute atomic E-state index is 0.0551. The van der Waals surface area contributed by atoms with Gasteiger partial charge in [0.05, 0.1) is 40.0 Å². The van der Waals surface area contributed by atoms with E-state index in [0.29, 0.717) is 42.5 Å². The van der Waals surface area contributed by atoms with Crippen molar-refractivity contribution in [2.75, 3.05) is 47.5 Å². The van der Waals surface area contributed by atoms with Crippen LogP contribution in [0.25, 0.3) is 0 Å². The summed E-state index contributed by atoms with van der Waals surface area (Å²) in [5, 5.41) is 0. The molecule has 0 amide bonds. The summed E-state index contributed by atoms with van der Waals surface area (Å²) in [4.78, 5) is 37.5. The summed E-state index contributed by atoms with van der Waals surface area (Å²) in [5.74, 6) is -0.966. The molecule has 0 aromatic rings. The molecule has 0 spiro atoms. The zero-order chi connectivity index (χ0) is 41.9. The Morgan fingerprint density at radius 3 is 1.75 bits per heavy atom. The van der Waals surface area contributed by atoms with Gasteiger partial charge >= 0.3 is 11.9 Å². The maximum Gasteiger partial charge on any atom is 0.306 e. The summed E-state index contributed by atoms with van der Waals surface area (Å²) in [6.45, 7) is 3.92. The second-order valence-corrected chi connectivity index (χ2v) is 16.8. The summed E-state index contributed by atoms with van der Waals surface area (Å²) < 4.78 is 39.5. The molecule has 57 heavy (non-hydrogen) atoms. The van der Waals surface area contributed by atoms with E-state index in [1.54, 1.807) is 0 Å². The van der Waals surface area contributed by atoms with Crippen LogP contribution >= 0.6 is 7.82 Å². The van der Waals surface area contributed by atoms with Crippen molar-refractivity contribution in [1.29, 1.82) is 0 Å². The van der Waals surface area contributed by atoms with Gasteiger partial charge in [-0.1, -0.05) is 112 Å². The Bertz CT molecular complexity index is 1310. The molecule has 4 atom stereocenters. The number of likely N-dealkylation sites (N-methyl/N-ethyl adjacent to an activating group) is 1. The molecule has 324 valence electrons. The van der Waals surface area contributed by atoms with Gasteiger partial charge in [-0.2, -0.15) is 0 Å². The standard InChI is InChI=1S/C46H76NO9P/c1-6-8-10-12-14-15-16-17-18-19-20-21-24-28-32-36-45(48)52-40-42(41-54-57(50,51)53-39-38-47(3,4)5)55-46(49)37-33-29-25-22-23-27-31-35-44-43(56-44)34-30-26-13-11-9-7-2/h8,10,14-15,17-18,20-22,25-27,30-31,42-44H,6-7,9,11-13,16,19,23-24,28-29,32-41H2,1-5H3/b10-8-,15-14-,18-17-,21-20-,25-22-,30-26-,31-27-/t42-,43?,44?/m1/s1. The number of esters is 2. The van der Waals surface area contributed by atoms with Crippen molar-refractivity contribution >= 4 is 19.8 Å². The number of unbranched alkanes of at least 4 members (excludes halogenated alkanes) is 6. The van der Waals surface area contributed by atoms with E-state index < -0.39 is 32.5 Å². The average Bonchev–Trinajstić information content (AvgIpc) is 3.92. The van der Waals surface area contributed by atoms with Crippen molar-refractivity contribution in [3.8, 4) is 0 Å². The van der Waals surface area contributed by atoms with Crippen molar-refractivity contribution < 1.29 is 46.8 Å². The molecule has 1 rings (SSSR count). The van der Waals surface area contributed by atoms with E-state index in [9.17, 15) is 19.0 Å². The molecular weight excluding hydrogens is 741 g/mol. The first-order valence-electron chi connectivity index (χ1n) is 21.4. The molecule has 1 aliphatic rings. The summed E-state index contributed by atoms with van der Waals surface area (Å²) in [6.07, 6.45) is 45.1. The number of hydrogen-bond donors (Lipinski definition) is 0. The van der Waals surface area contributed by atoms with E-state index in [2.05, 4.69) is 92.8 Å². The van der Waals surface area contributed by atoms with Crippen LogP contribution in [-0.2, 0) is 37.4 Å². The second-order valence-electron chi connectivity index (χ2n) is 15.4. The molecule has 0 radical (unpaired) electrons. The fourth-order valence-corrected chi connectivity index (χ4v) is 6.05. The lowest BCUT2D eigenvalue weighted by Crippen LogP contribution is -2.37. The highest BCUT2D eigenvalue weighted by molar-refractivity contribution is 7.45. The largest absolute Gasteiger partial charge is 0.756 e. The Hall–Kier alpha value is -2.85. The van der Waals surface area contributed by atoms with Gasteiger partial charge in [0, 0.05) is 12.8 Å². The number of quaternary nitrogens is 1. The van der Waals surface area contributed by atoms with Gasteiger partial charge in [0.25, 0.3) is 7.82 Å². The van der Waals surface area contributed by atoms with Gasteiger partial charge in [0.15, 0.2) is 6.10 Å². The molecule has 1 fully saturated rings. The first kappa shape index (κ1) is 52.2. The number of allylic oxidation sites excluding steroid dienone is 12. The first-order chi connectivity index (χ1) is 27.5. The first-order valence-corrected chi connectivity index (χ1v) is 22.9. The maximum atomic E-state index is 12.7. The minimum atomic E-state index is -4.66. The molecule has 1 heterocycles. The number of ether oxygens (including phenoxy) is 3. The van der Waals surface area contributed by atoms with Crippen LogP contribution in [0.3, 0.4) is 0 Å². The normalized spacial score (nSPS) is 18.0. The smallest absolute Gasteiger partial charge is 0.306 e. The number of rotatable bonds is 36. The number of hydrogen-bond acceptors (Lipinski definition) is 9. The molecule has 1 aliphatic heterocycles. The number of carbonyl (C=O) groups excluding carboxylic acids is 2. The molecule has 10 nitrogen and oxygen atoms in total. The van der Waals surface area contributed by atoms with Crippen molar-refractivity contribution in [1.82, 2.24) is 0 Å². The van der Waals surface area contributed by atoms with Crippen LogP contribution < -0.4 is 4.89 Å². The second kappa shape index (κ2) is 34.1. The van der Waals surface area contributed by atoms with Crippen molar-refractivity contribution in [3.05, 3.63) is 85.1 Å². The maximum absolute atomic E-state index is 12.7. The van der Waals surface area contributed by atoms with Gasteiger partial charge in [-0.15, -0.1) is 0 Å². The third-order valence-corrected chi connectivity index (χ3v) is 9.77. The van der Waals surface area contributed by atoms with Crippen LogP contribution in [0.1, 0.15) is 129 Å². The SMILES string of the molecule is CC/C=C\C/C=C\C/C=C\C/C=C\CCCCC(=O)OC[C@H](COP(=O)([O-])OCC[N+](C)(C)C)OC(=O)CCC/C=C\C/C=C\CC1OC1C/C=C\CCCCC. The predicted molar refractivity (Wildman–Crippen MR) is 230 cm³/mol. The van der Waals surface area contributed by atoms with E-state index in [1.165, 1.54) is 19.3 Å². The zero-order valence-electron chi connectivity index (χ0n) is 35.9. The third-order valence-electron chi connectivity index (χ3n) is 8.80. The lowest BCUT2D eigenvalue weighted by molar-refractivity contribution is -0.870. The number of epoxide rings is 1. The average molecular weight is 818 g/mol. The summed E-state index contributed by atoms with van der Waals surface area (Å²) in [7, 11) is 1.08. The topological polar surface area (TPSA) is 124 Å². The number of carbonyl (C=O) groups is 2. The highest BCUT2D eigenvalue weighted by Gasteiger charge is 2.36. The Morgan fingerprint density at radius 2 is 1.16 bits per heavy atom. The molecule has 0 N–H and O–H groups in total. The zero-order valence-corrected chi connectivity index (χ0v) is 36.8.